The Morgan fingerprint density at radius 1 is 1.00 bits per heavy atom. The minimum Gasteiger partial charge on any atom is -0.378 e. The van der Waals surface area contributed by atoms with Crippen LogP contribution in [0.2, 0.25) is 0 Å². The van der Waals surface area contributed by atoms with E-state index in [2.05, 4.69) is 27.7 Å². The minimum absolute atomic E-state index is 0.135. The fraction of sp³-hybridized carbons (Fsp3) is 0.350. The lowest BCUT2D eigenvalue weighted by atomic mass is 10.1. The topological polar surface area (TPSA) is 53.6 Å². The molecule has 2 N–H and O–H groups in total. The number of rotatable bonds is 4. The minimum atomic E-state index is -0.135. The van der Waals surface area contributed by atoms with Gasteiger partial charge in [-0.05, 0) is 24.1 Å². The van der Waals surface area contributed by atoms with Crippen molar-refractivity contribution in [1.29, 1.82) is 0 Å². The predicted molar refractivity (Wildman–Crippen MR) is 99.2 cm³/mol. The summed E-state index contributed by atoms with van der Waals surface area (Å²) in [7, 11) is 0. The van der Waals surface area contributed by atoms with Crippen molar-refractivity contribution in [2.24, 2.45) is 0 Å². The average molecular weight is 337 g/mol. The zero-order chi connectivity index (χ0) is 17.1. The molecule has 1 saturated heterocycles. The highest BCUT2D eigenvalue weighted by molar-refractivity contribution is 5.93. The quantitative estimate of drug-likeness (QED) is 0.901. The molecule has 5 nitrogen and oxygen atoms in total. The summed E-state index contributed by atoms with van der Waals surface area (Å²) in [6.07, 6.45) is 1.00. The number of hydrogen-bond acceptors (Lipinski definition) is 3. The van der Waals surface area contributed by atoms with Crippen LogP contribution in [-0.2, 0) is 4.74 Å². The molecule has 2 amide bonds. The van der Waals surface area contributed by atoms with Gasteiger partial charge in [0.2, 0.25) is 0 Å². The van der Waals surface area contributed by atoms with Crippen LogP contribution in [0.1, 0.15) is 17.9 Å². The molecule has 25 heavy (non-hydrogen) atoms. The van der Waals surface area contributed by atoms with E-state index in [9.17, 15) is 4.79 Å². The standard InChI is InChI=1S/C20H23N3O2/c24-20(22-18-14-16(18)15-6-2-1-3-7-15)21-17-8-4-5-9-19(17)23-10-12-25-13-11-23/h1-9,16,18H,10-14H2,(H2,21,22,24)/t16-,18+/m1/s1. The first kappa shape index (κ1) is 16.0. The Kier molecular flexibility index (Phi) is 4.57. The highest BCUT2D eigenvalue weighted by Gasteiger charge is 2.39. The molecule has 4 rings (SSSR count). The van der Waals surface area contributed by atoms with Gasteiger partial charge in [0.1, 0.15) is 0 Å². The second-order valence-electron chi connectivity index (χ2n) is 6.57. The molecule has 1 aliphatic carbocycles. The van der Waals surface area contributed by atoms with E-state index in [4.69, 9.17) is 4.74 Å². The summed E-state index contributed by atoms with van der Waals surface area (Å²) < 4.78 is 5.42. The first-order valence-corrected chi connectivity index (χ1v) is 8.85. The van der Waals surface area contributed by atoms with Crippen LogP contribution in [0.3, 0.4) is 0 Å². The Labute approximate surface area is 148 Å². The van der Waals surface area contributed by atoms with Crippen LogP contribution in [0.25, 0.3) is 0 Å². The molecule has 1 saturated carbocycles. The van der Waals surface area contributed by atoms with E-state index in [1.165, 1.54) is 5.56 Å². The van der Waals surface area contributed by atoms with Crippen molar-refractivity contribution in [2.75, 3.05) is 36.5 Å². The summed E-state index contributed by atoms with van der Waals surface area (Å²) in [4.78, 5) is 14.7. The number of benzene rings is 2. The first-order valence-electron chi connectivity index (χ1n) is 8.85. The molecule has 2 aromatic carbocycles. The van der Waals surface area contributed by atoms with Crippen molar-refractivity contribution in [2.45, 2.75) is 18.4 Å². The summed E-state index contributed by atoms with van der Waals surface area (Å²) in [5.74, 6) is 0.432. The largest absolute Gasteiger partial charge is 0.378 e. The number of anilines is 2. The Balaban J connectivity index is 1.37. The third-order valence-electron chi connectivity index (χ3n) is 4.84. The molecule has 0 aromatic heterocycles. The lowest BCUT2D eigenvalue weighted by Gasteiger charge is -2.30. The molecule has 2 fully saturated rings. The van der Waals surface area contributed by atoms with Gasteiger partial charge in [-0.3, -0.25) is 0 Å². The Morgan fingerprint density at radius 3 is 2.52 bits per heavy atom. The van der Waals surface area contributed by atoms with E-state index < -0.39 is 0 Å². The Bertz CT molecular complexity index is 729. The maximum absolute atomic E-state index is 12.4. The number of para-hydroxylation sites is 2. The molecule has 0 radical (unpaired) electrons. The third kappa shape index (κ3) is 3.77. The number of amides is 2. The number of carbonyl (C=O) groups is 1. The van der Waals surface area contributed by atoms with E-state index in [0.717, 1.165) is 44.1 Å². The number of morpholine rings is 1. The SMILES string of the molecule is O=C(Nc1ccccc1N1CCOCC1)N[C@H]1C[C@@H]1c1ccccc1. The molecule has 0 spiro atoms. The molecular weight excluding hydrogens is 314 g/mol. The summed E-state index contributed by atoms with van der Waals surface area (Å²) in [5.41, 5.74) is 3.19. The van der Waals surface area contributed by atoms with Crippen molar-refractivity contribution in [3.63, 3.8) is 0 Å². The van der Waals surface area contributed by atoms with Crippen molar-refractivity contribution >= 4 is 17.4 Å². The van der Waals surface area contributed by atoms with Crippen molar-refractivity contribution in [1.82, 2.24) is 5.32 Å². The van der Waals surface area contributed by atoms with Crippen LogP contribution in [0.5, 0.6) is 0 Å². The van der Waals surface area contributed by atoms with Gasteiger partial charge in [0.25, 0.3) is 0 Å². The van der Waals surface area contributed by atoms with Gasteiger partial charge in [0.05, 0.1) is 24.6 Å². The molecule has 2 aromatic rings. The second kappa shape index (κ2) is 7.15. The highest BCUT2D eigenvalue weighted by Crippen LogP contribution is 2.40. The van der Waals surface area contributed by atoms with Crippen molar-refractivity contribution in [3.05, 3.63) is 60.2 Å². The van der Waals surface area contributed by atoms with E-state index >= 15 is 0 Å². The number of nitrogens with zero attached hydrogens (tertiary/aromatic N) is 1. The lowest BCUT2D eigenvalue weighted by molar-refractivity contribution is 0.123. The van der Waals surface area contributed by atoms with Gasteiger partial charge in [-0.25, -0.2) is 4.79 Å². The van der Waals surface area contributed by atoms with Gasteiger partial charge in [-0.1, -0.05) is 42.5 Å². The summed E-state index contributed by atoms with van der Waals surface area (Å²) >= 11 is 0. The molecular formula is C20H23N3O2. The predicted octanol–water partition coefficient (Wildman–Crippen LogP) is 3.20. The van der Waals surface area contributed by atoms with Gasteiger partial charge < -0.3 is 20.3 Å². The Hall–Kier alpha value is -2.53. The number of ether oxygens (including phenoxy) is 1. The van der Waals surface area contributed by atoms with Crippen LogP contribution in [0.15, 0.2) is 54.6 Å². The van der Waals surface area contributed by atoms with Gasteiger partial charge in [-0.15, -0.1) is 0 Å². The lowest BCUT2D eigenvalue weighted by Crippen LogP contribution is -2.37. The molecule has 2 aliphatic rings. The van der Waals surface area contributed by atoms with Gasteiger partial charge >= 0.3 is 6.03 Å². The average Bonchev–Trinajstić information content (AvgIpc) is 3.42. The molecule has 130 valence electrons. The normalized spacial score (nSPS) is 22.3. The highest BCUT2D eigenvalue weighted by atomic mass is 16.5. The second-order valence-corrected chi connectivity index (χ2v) is 6.57. The van der Waals surface area contributed by atoms with Crippen LogP contribution in [-0.4, -0.2) is 38.4 Å². The van der Waals surface area contributed by atoms with Crippen LogP contribution in [0.4, 0.5) is 16.2 Å². The smallest absolute Gasteiger partial charge is 0.319 e. The van der Waals surface area contributed by atoms with Gasteiger partial charge in [-0.2, -0.15) is 0 Å². The van der Waals surface area contributed by atoms with Crippen LogP contribution in [0, 0.1) is 0 Å². The van der Waals surface area contributed by atoms with Gasteiger partial charge in [0, 0.05) is 25.0 Å². The maximum atomic E-state index is 12.4. The third-order valence-corrected chi connectivity index (χ3v) is 4.84. The number of nitrogens with one attached hydrogen (secondary N) is 2. The molecule has 0 bridgehead atoms. The maximum Gasteiger partial charge on any atom is 0.319 e. The number of urea groups is 1. The van der Waals surface area contributed by atoms with E-state index in [1.807, 2.05) is 42.5 Å². The zero-order valence-corrected chi connectivity index (χ0v) is 14.2. The molecule has 1 heterocycles. The Morgan fingerprint density at radius 2 is 1.72 bits per heavy atom. The van der Waals surface area contributed by atoms with E-state index in [-0.39, 0.29) is 12.1 Å². The summed E-state index contributed by atoms with van der Waals surface area (Å²) in [5, 5.41) is 6.11. The molecule has 1 aliphatic heterocycles. The zero-order valence-electron chi connectivity index (χ0n) is 14.2. The molecule has 0 unspecified atom stereocenters. The van der Waals surface area contributed by atoms with Crippen LogP contribution >= 0.6 is 0 Å². The number of hydrogen-bond donors (Lipinski definition) is 2. The molecule has 5 heteroatoms. The van der Waals surface area contributed by atoms with Crippen LogP contribution < -0.4 is 15.5 Å². The molecule has 2 atom stereocenters. The monoisotopic (exact) mass is 337 g/mol. The summed E-state index contributed by atoms with van der Waals surface area (Å²) in [6, 6.07) is 18.4. The fourth-order valence-corrected chi connectivity index (χ4v) is 3.41. The van der Waals surface area contributed by atoms with Gasteiger partial charge in [0.15, 0.2) is 0 Å². The summed E-state index contributed by atoms with van der Waals surface area (Å²) in [6.45, 7) is 3.14. The van der Waals surface area contributed by atoms with Crippen molar-refractivity contribution < 1.29 is 9.53 Å². The number of carbonyl (C=O) groups excluding carboxylic acids is 1. The van der Waals surface area contributed by atoms with Crippen molar-refractivity contribution in [3.8, 4) is 0 Å². The fourth-order valence-electron chi connectivity index (χ4n) is 3.41. The van der Waals surface area contributed by atoms with E-state index in [1.54, 1.807) is 0 Å². The van der Waals surface area contributed by atoms with E-state index in [0.29, 0.717) is 5.92 Å². The first-order chi connectivity index (χ1) is 12.3.